The Kier molecular flexibility index (Phi) is 4.14. The summed E-state index contributed by atoms with van der Waals surface area (Å²) in [5.41, 5.74) is 5.88. The van der Waals surface area contributed by atoms with Gasteiger partial charge < -0.3 is 21.3 Å². The smallest absolute Gasteiger partial charge is 0.335 e. The Labute approximate surface area is 119 Å². The second kappa shape index (κ2) is 6.01. The Morgan fingerprint density at radius 2 is 2.14 bits per heavy atom. The number of aromatic carboxylic acids is 1. The first-order valence-electron chi connectivity index (χ1n) is 5.95. The van der Waals surface area contributed by atoms with Crippen LogP contribution in [-0.2, 0) is 17.9 Å². The predicted molar refractivity (Wildman–Crippen MR) is 71.6 cm³/mol. The van der Waals surface area contributed by atoms with Gasteiger partial charge in [0.2, 0.25) is 5.91 Å². The molecule has 0 bridgehead atoms. The molecule has 1 heterocycles. The van der Waals surface area contributed by atoms with E-state index in [1.54, 1.807) is 0 Å². The molecule has 0 radical (unpaired) electrons. The molecule has 0 fully saturated rings. The molecule has 1 amide bonds. The molecule has 0 saturated heterocycles. The molecule has 0 aliphatic heterocycles. The van der Waals surface area contributed by atoms with Crippen molar-refractivity contribution in [1.82, 2.24) is 15.0 Å². The zero-order valence-electron chi connectivity index (χ0n) is 10.9. The largest absolute Gasteiger partial charge is 0.506 e. The minimum absolute atomic E-state index is 0.0130. The second-order valence-corrected chi connectivity index (χ2v) is 4.20. The number of aromatic nitrogens is 3. The maximum absolute atomic E-state index is 11.8. The molecule has 110 valence electrons. The Morgan fingerprint density at radius 1 is 1.38 bits per heavy atom. The van der Waals surface area contributed by atoms with E-state index < -0.39 is 11.9 Å². The van der Waals surface area contributed by atoms with Crippen LogP contribution in [0.2, 0.25) is 0 Å². The lowest BCUT2D eigenvalue weighted by Crippen LogP contribution is -2.19. The van der Waals surface area contributed by atoms with E-state index in [0.29, 0.717) is 5.69 Å². The number of phenolic OH excluding ortho intramolecular Hbond substituents is 1. The van der Waals surface area contributed by atoms with Crippen LogP contribution in [-0.4, -0.2) is 37.1 Å². The van der Waals surface area contributed by atoms with Crippen LogP contribution in [0, 0.1) is 0 Å². The molecule has 21 heavy (non-hydrogen) atoms. The molecule has 5 N–H and O–H groups in total. The van der Waals surface area contributed by atoms with E-state index in [1.165, 1.54) is 29.1 Å². The lowest BCUT2D eigenvalue weighted by atomic mass is 10.2. The third kappa shape index (κ3) is 3.54. The van der Waals surface area contributed by atoms with Crippen LogP contribution in [0.5, 0.6) is 5.75 Å². The van der Waals surface area contributed by atoms with Crippen LogP contribution >= 0.6 is 0 Å². The average Bonchev–Trinajstić information content (AvgIpc) is 2.88. The molecule has 9 heteroatoms. The Hall–Kier alpha value is -2.94. The van der Waals surface area contributed by atoms with Gasteiger partial charge in [0.25, 0.3) is 0 Å². The van der Waals surface area contributed by atoms with Crippen molar-refractivity contribution in [3.63, 3.8) is 0 Å². The molecule has 1 aromatic heterocycles. The van der Waals surface area contributed by atoms with Crippen LogP contribution in [0.1, 0.15) is 16.1 Å². The van der Waals surface area contributed by atoms with Crippen LogP contribution in [0.3, 0.4) is 0 Å². The van der Waals surface area contributed by atoms with E-state index in [9.17, 15) is 14.7 Å². The summed E-state index contributed by atoms with van der Waals surface area (Å²) in [6.45, 7) is 0.0762. The standard InChI is InChI=1S/C12H13N5O4/c13-4-8-5-17(16-15-8)6-11(19)14-9-3-7(12(20)21)1-2-10(9)18/h1-3,5,18H,4,6,13H2,(H,14,19)(H,20,21). The molecule has 0 unspecified atom stereocenters. The number of carbonyl (C=O) groups is 2. The number of hydrogen-bond donors (Lipinski definition) is 4. The lowest BCUT2D eigenvalue weighted by molar-refractivity contribution is -0.116. The third-order valence-corrected chi connectivity index (χ3v) is 2.62. The van der Waals surface area contributed by atoms with E-state index in [1.807, 2.05) is 0 Å². The topological polar surface area (TPSA) is 143 Å². The number of nitrogens with zero attached hydrogens (tertiary/aromatic N) is 3. The zero-order chi connectivity index (χ0) is 15.4. The van der Waals surface area contributed by atoms with Crippen molar-refractivity contribution in [3.8, 4) is 5.75 Å². The first-order valence-corrected chi connectivity index (χ1v) is 5.95. The predicted octanol–water partition coefficient (Wildman–Crippen LogP) is -0.221. The summed E-state index contributed by atoms with van der Waals surface area (Å²) in [5.74, 6) is -1.87. The van der Waals surface area contributed by atoms with Crippen molar-refractivity contribution < 1.29 is 19.8 Å². The summed E-state index contributed by atoms with van der Waals surface area (Å²) in [6, 6.07) is 3.60. The lowest BCUT2D eigenvalue weighted by Gasteiger charge is -2.08. The highest BCUT2D eigenvalue weighted by Crippen LogP contribution is 2.24. The molecule has 2 aromatic rings. The molecule has 0 aliphatic rings. The van der Waals surface area contributed by atoms with Gasteiger partial charge in [-0.1, -0.05) is 5.21 Å². The normalized spacial score (nSPS) is 10.3. The van der Waals surface area contributed by atoms with Crippen molar-refractivity contribution in [1.29, 1.82) is 0 Å². The number of carboxylic acid groups (broad SMARTS) is 1. The van der Waals surface area contributed by atoms with Crippen LogP contribution in [0.15, 0.2) is 24.4 Å². The number of benzene rings is 1. The SMILES string of the molecule is NCc1cn(CC(=O)Nc2cc(C(=O)O)ccc2O)nn1. The molecule has 0 saturated carbocycles. The summed E-state index contributed by atoms with van der Waals surface area (Å²) >= 11 is 0. The number of nitrogens with two attached hydrogens (primary N) is 1. The number of aromatic hydroxyl groups is 1. The first-order chi connectivity index (χ1) is 9.99. The number of anilines is 1. The fourth-order valence-corrected chi connectivity index (χ4v) is 1.62. The van der Waals surface area contributed by atoms with E-state index in [2.05, 4.69) is 15.6 Å². The van der Waals surface area contributed by atoms with E-state index in [0.717, 1.165) is 0 Å². The van der Waals surface area contributed by atoms with Gasteiger partial charge in [0.05, 0.1) is 23.1 Å². The van der Waals surface area contributed by atoms with Gasteiger partial charge >= 0.3 is 5.97 Å². The summed E-state index contributed by atoms with van der Waals surface area (Å²) in [7, 11) is 0. The van der Waals surface area contributed by atoms with Crippen molar-refractivity contribution >= 4 is 17.6 Å². The zero-order valence-corrected chi connectivity index (χ0v) is 10.9. The quantitative estimate of drug-likeness (QED) is 0.557. The fraction of sp³-hybridized carbons (Fsp3) is 0.167. The fourth-order valence-electron chi connectivity index (χ4n) is 1.62. The van der Waals surface area contributed by atoms with Crippen LogP contribution in [0.4, 0.5) is 5.69 Å². The highest BCUT2D eigenvalue weighted by Gasteiger charge is 2.11. The van der Waals surface area contributed by atoms with Crippen LogP contribution in [0.25, 0.3) is 0 Å². The van der Waals surface area contributed by atoms with Gasteiger partial charge in [-0.2, -0.15) is 0 Å². The second-order valence-electron chi connectivity index (χ2n) is 4.20. The van der Waals surface area contributed by atoms with Gasteiger partial charge in [-0.05, 0) is 18.2 Å². The molecular formula is C12H13N5O4. The molecule has 9 nitrogen and oxygen atoms in total. The summed E-state index contributed by atoms with van der Waals surface area (Å²) in [5, 5.41) is 28.3. The van der Waals surface area contributed by atoms with Gasteiger partial charge in [0.1, 0.15) is 12.3 Å². The highest BCUT2D eigenvalue weighted by molar-refractivity contribution is 5.95. The van der Waals surface area contributed by atoms with Crippen molar-refractivity contribution in [2.75, 3.05) is 5.32 Å². The Balaban J connectivity index is 2.08. The minimum Gasteiger partial charge on any atom is -0.506 e. The number of carboxylic acids is 1. The molecular weight excluding hydrogens is 278 g/mol. The van der Waals surface area contributed by atoms with E-state index >= 15 is 0 Å². The van der Waals surface area contributed by atoms with Crippen molar-refractivity contribution in [2.24, 2.45) is 5.73 Å². The number of rotatable bonds is 5. The van der Waals surface area contributed by atoms with Gasteiger partial charge in [-0.25, -0.2) is 9.48 Å². The average molecular weight is 291 g/mol. The number of hydrogen-bond acceptors (Lipinski definition) is 6. The minimum atomic E-state index is -1.16. The van der Waals surface area contributed by atoms with Crippen LogP contribution < -0.4 is 11.1 Å². The molecule has 0 aliphatic carbocycles. The third-order valence-electron chi connectivity index (χ3n) is 2.62. The number of amides is 1. The Morgan fingerprint density at radius 3 is 2.76 bits per heavy atom. The maximum Gasteiger partial charge on any atom is 0.335 e. The monoisotopic (exact) mass is 291 g/mol. The molecule has 1 aromatic carbocycles. The number of carbonyl (C=O) groups excluding carboxylic acids is 1. The number of nitrogens with one attached hydrogen (secondary N) is 1. The van der Waals surface area contributed by atoms with Gasteiger partial charge in [0.15, 0.2) is 0 Å². The molecule has 0 atom stereocenters. The van der Waals surface area contributed by atoms with E-state index in [-0.39, 0.29) is 30.1 Å². The van der Waals surface area contributed by atoms with Crippen molar-refractivity contribution in [3.05, 3.63) is 35.7 Å². The first kappa shape index (κ1) is 14.5. The Bertz CT molecular complexity index is 682. The van der Waals surface area contributed by atoms with Gasteiger partial charge in [0, 0.05) is 6.54 Å². The van der Waals surface area contributed by atoms with E-state index in [4.69, 9.17) is 10.8 Å². The van der Waals surface area contributed by atoms with Gasteiger partial charge in [-0.3, -0.25) is 4.79 Å². The summed E-state index contributed by atoms with van der Waals surface area (Å²) < 4.78 is 1.29. The molecule has 2 rings (SSSR count). The summed E-state index contributed by atoms with van der Waals surface area (Å²) in [6.07, 6.45) is 1.52. The van der Waals surface area contributed by atoms with Crippen molar-refractivity contribution in [2.45, 2.75) is 13.1 Å². The highest BCUT2D eigenvalue weighted by atomic mass is 16.4. The maximum atomic E-state index is 11.8. The van der Waals surface area contributed by atoms with Gasteiger partial charge in [-0.15, -0.1) is 5.10 Å². The molecule has 0 spiro atoms. The summed E-state index contributed by atoms with van der Waals surface area (Å²) in [4.78, 5) is 22.7. The number of phenols is 1.